The number of hydrogen-bond acceptors (Lipinski definition) is 2. The van der Waals surface area contributed by atoms with Crippen molar-refractivity contribution in [1.29, 1.82) is 0 Å². The molecular weight excluding hydrogens is 128 g/mol. The molecule has 0 unspecified atom stereocenters. The molecule has 0 spiro atoms. The molecule has 1 fully saturated rings. The molecule has 1 rings (SSSR count). The molecule has 1 aliphatic heterocycles. The van der Waals surface area contributed by atoms with E-state index in [2.05, 4.69) is 17.6 Å². The Morgan fingerprint density at radius 1 is 1.20 bits per heavy atom. The van der Waals surface area contributed by atoms with Crippen molar-refractivity contribution in [2.75, 3.05) is 0 Å². The van der Waals surface area contributed by atoms with Crippen LogP contribution in [0.2, 0.25) is 0 Å². The minimum Gasteiger partial charge on any atom is -0.351 e. The van der Waals surface area contributed by atoms with Crippen LogP contribution in [0.3, 0.4) is 0 Å². The van der Waals surface area contributed by atoms with E-state index in [1.807, 2.05) is 13.8 Å². The van der Waals surface area contributed by atoms with E-state index in [1.165, 1.54) is 0 Å². The summed E-state index contributed by atoms with van der Waals surface area (Å²) in [7, 11) is 0. The highest BCUT2D eigenvalue weighted by atomic mass is 16.2. The van der Waals surface area contributed by atoms with Crippen molar-refractivity contribution in [3.05, 3.63) is 0 Å². The van der Waals surface area contributed by atoms with E-state index < -0.39 is 0 Å². The van der Waals surface area contributed by atoms with Crippen molar-refractivity contribution in [2.24, 2.45) is 0 Å². The lowest BCUT2D eigenvalue weighted by Crippen LogP contribution is -2.60. The Morgan fingerprint density at radius 2 is 1.80 bits per heavy atom. The first-order chi connectivity index (χ1) is 4.61. The van der Waals surface area contributed by atoms with E-state index in [9.17, 15) is 4.79 Å². The van der Waals surface area contributed by atoms with Gasteiger partial charge in [-0.2, -0.15) is 0 Å². The Balaban J connectivity index is 2.54. The summed E-state index contributed by atoms with van der Waals surface area (Å²) in [6, 6.07) is 0.600. The van der Waals surface area contributed by atoms with Gasteiger partial charge in [0, 0.05) is 12.1 Å². The van der Waals surface area contributed by atoms with Gasteiger partial charge in [-0.25, -0.2) is 0 Å². The summed E-state index contributed by atoms with van der Waals surface area (Å²) in [5.74, 6) is 0.102. The van der Waals surface area contributed by atoms with E-state index in [0.717, 1.165) is 0 Å². The number of amides is 1. The number of rotatable bonds is 0. The third kappa shape index (κ3) is 1.29. The van der Waals surface area contributed by atoms with Crippen LogP contribution < -0.4 is 10.6 Å². The maximum Gasteiger partial charge on any atom is 0.237 e. The van der Waals surface area contributed by atoms with Crippen LogP contribution in [-0.2, 0) is 4.79 Å². The number of carbonyl (C=O) groups is 1. The van der Waals surface area contributed by atoms with Crippen LogP contribution in [0.15, 0.2) is 0 Å². The smallest absolute Gasteiger partial charge is 0.237 e. The molecule has 0 bridgehead atoms. The first-order valence-electron chi connectivity index (χ1n) is 3.67. The van der Waals surface area contributed by atoms with E-state index in [1.54, 1.807) is 0 Å². The lowest BCUT2D eigenvalue weighted by molar-refractivity contribution is -0.125. The monoisotopic (exact) mass is 142 g/mol. The second kappa shape index (κ2) is 2.58. The Labute approximate surface area is 61.2 Å². The molecule has 0 aromatic heterocycles. The normalized spacial score (nSPS) is 41.1. The topological polar surface area (TPSA) is 41.1 Å². The van der Waals surface area contributed by atoms with E-state index in [4.69, 9.17) is 0 Å². The van der Waals surface area contributed by atoms with Gasteiger partial charge in [-0.3, -0.25) is 4.79 Å². The van der Waals surface area contributed by atoms with Gasteiger partial charge in [0.2, 0.25) is 5.91 Å². The van der Waals surface area contributed by atoms with Crippen LogP contribution in [0.1, 0.15) is 20.8 Å². The van der Waals surface area contributed by atoms with Crippen LogP contribution in [0, 0.1) is 0 Å². The molecule has 1 amide bonds. The summed E-state index contributed by atoms with van der Waals surface area (Å²) in [6.07, 6.45) is 0. The molecule has 3 nitrogen and oxygen atoms in total. The SMILES string of the molecule is C[C@@H]1N[C@H](C)[C@@H](C)NC1=O. The average molecular weight is 142 g/mol. The molecule has 1 saturated heterocycles. The van der Waals surface area contributed by atoms with Gasteiger partial charge in [-0.05, 0) is 20.8 Å². The van der Waals surface area contributed by atoms with Gasteiger partial charge in [-0.15, -0.1) is 0 Å². The maximum absolute atomic E-state index is 11.0. The lowest BCUT2D eigenvalue weighted by atomic mass is 10.1. The zero-order valence-corrected chi connectivity index (χ0v) is 6.64. The van der Waals surface area contributed by atoms with Crippen molar-refractivity contribution in [2.45, 2.75) is 38.9 Å². The minimum absolute atomic E-state index is 0.0359. The highest BCUT2D eigenvalue weighted by Crippen LogP contribution is 2.00. The van der Waals surface area contributed by atoms with Crippen molar-refractivity contribution in [3.63, 3.8) is 0 Å². The maximum atomic E-state index is 11.0. The van der Waals surface area contributed by atoms with Gasteiger partial charge in [0.1, 0.15) is 0 Å². The highest BCUT2D eigenvalue weighted by molar-refractivity contribution is 5.82. The molecule has 0 aromatic carbocycles. The Hall–Kier alpha value is -0.570. The zero-order valence-electron chi connectivity index (χ0n) is 6.64. The zero-order chi connectivity index (χ0) is 7.72. The first kappa shape index (κ1) is 7.54. The van der Waals surface area contributed by atoms with Gasteiger partial charge >= 0.3 is 0 Å². The minimum atomic E-state index is -0.0359. The van der Waals surface area contributed by atoms with Gasteiger partial charge < -0.3 is 10.6 Å². The summed E-state index contributed by atoms with van der Waals surface area (Å²) >= 11 is 0. The molecule has 2 N–H and O–H groups in total. The molecule has 10 heavy (non-hydrogen) atoms. The van der Waals surface area contributed by atoms with Crippen LogP contribution in [0.4, 0.5) is 0 Å². The summed E-state index contributed by atoms with van der Waals surface area (Å²) in [6.45, 7) is 5.94. The van der Waals surface area contributed by atoms with Crippen LogP contribution >= 0.6 is 0 Å². The summed E-state index contributed by atoms with van der Waals surface area (Å²) in [4.78, 5) is 11.0. The van der Waals surface area contributed by atoms with Gasteiger partial charge in [0.25, 0.3) is 0 Å². The molecule has 58 valence electrons. The van der Waals surface area contributed by atoms with E-state index in [-0.39, 0.29) is 18.0 Å². The third-order valence-corrected chi connectivity index (χ3v) is 2.03. The summed E-state index contributed by atoms with van der Waals surface area (Å²) < 4.78 is 0. The highest BCUT2D eigenvalue weighted by Gasteiger charge is 2.26. The Morgan fingerprint density at radius 3 is 2.30 bits per heavy atom. The molecule has 0 radical (unpaired) electrons. The van der Waals surface area contributed by atoms with Crippen LogP contribution in [0.25, 0.3) is 0 Å². The molecule has 0 saturated carbocycles. The van der Waals surface area contributed by atoms with Crippen molar-refractivity contribution >= 4 is 5.91 Å². The number of piperazine rings is 1. The second-order valence-electron chi connectivity index (χ2n) is 2.97. The number of hydrogen-bond donors (Lipinski definition) is 2. The van der Waals surface area contributed by atoms with Crippen LogP contribution in [0.5, 0.6) is 0 Å². The second-order valence-corrected chi connectivity index (χ2v) is 2.97. The molecule has 1 heterocycles. The first-order valence-corrected chi connectivity index (χ1v) is 3.67. The Kier molecular flexibility index (Phi) is 1.94. The summed E-state index contributed by atoms with van der Waals surface area (Å²) in [5.41, 5.74) is 0. The lowest BCUT2D eigenvalue weighted by Gasteiger charge is -2.31. The van der Waals surface area contributed by atoms with E-state index in [0.29, 0.717) is 6.04 Å². The van der Waals surface area contributed by atoms with Crippen molar-refractivity contribution in [1.82, 2.24) is 10.6 Å². The third-order valence-electron chi connectivity index (χ3n) is 2.03. The molecule has 3 heteroatoms. The van der Waals surface area contributed by atoms with Gasteiger partial charge in [0.05, 0.1) is 6.04 Å². The van der Waals surface area contributed by atoms with Crippen molar-refractivity contribution < 1.29 is 4.79 Å². The van der Waals surface area contributed by atoms with Gasteiger partial charge in [0.15, 0.2) is 0 Å². The molecular formula is C7H14N2O. The fraction of sp³-hybridized carbons (Fsp3) is 0.857. The number of nitrogens with one attached hydrogen (secondary N) is 2. The van der Waals surface area contributed by atoms with E-state index >= 15 is 0 Å². The molecule has 3 atom stereocenters. The van der Waals surface area contributed by atoms with Crippen LogP contribution in [-0.4, -0.2) is 24.0 Å². The quantitative estimate of drug-likeness (QED) is 0.494. The van der Waals surface area contributed by atoms with Crippen molar-refractivity contribution in [3.8, 4) is 0 Å². The largest absolute Gasteiger partial charge is 0.351 e. The predicted octanol–water partition coefficient (Wildman–Crippen LogP) is -0.129. The predicted molar refractivity (Wildman–Crippen MR) is 39.7 cm³/mol. The average Bonchev–Trinajstić information content (AvgIpc) is 1.84. The molecule has 0 aliphatic carbocycles. The molecule has 1 aliphatic rings. The fourth-order valence-corrected chi connectivity index (χ4v) is 1.09. The Bertz CT molecular complexity index is 147. The fourth-order valence-electron chi connectivity index (χ4n) is 1.09. The van der Waals surface area contributed by atoms with Gasteiger partial charge in [-0.1, -0.05) is 0 Å². The summed E-state index contributed by atoms with van der Waals surface area (Å²) in [5, 5.41) is 6.04. The molecule has 0 aromatic rings. The standard InChI is InChI=1S/C7H14N2O/c1-4-5(2)9-7(10)6(3)8-4/h4-6,8H,1-3H3,(H,9,10)/t4-,5-,6+/m1/s1. The number of carbonyl (C=O) groups excluding carboxylic acids is 1.